The molecule has 0 spiro atoms. The van der Waals surface area contributed by atoms with Crippen molar-refractivity contribution >= 4 is 11.9 Å². The molecule has 0 fully saturated rings. The van der Waals surface area contributed by atoms with Crippen LogP contribution in [0.3, 0.4) is 0 Å². The molecule has 1 aromatic heterocycles. The highest BCUT2D eigenvalue weighted by Crippen LogP contribution is 2.36. The van der Waals surface area contributed by atoms with E-state index in [4.69, 9.17) is 14.2 Å². The minimum Gasteiger partial charge on any atom is -0.488 e. The molecule has 0 saturated carbocycles. The second-order valence-corrected chi connectivity index (χ2v) is 7.58. The Bertz CT molecular complexity index is 1310. The molecule has 0 unspecified atom stereocenters. The van der Waals surface area contributed by atoms with Crippen molar-refractivity contribution in [3.63, 3.8) is 0 Å². The first-order valence-electron chi connectivity index (χ1n) is 10.7. The van der Waals surface area contributed by atoms with Crippen LogP contribution in [0.25, 0.3) is 16.9 Å². The van der Waals surface area contributed by atoms with E-state index in [9.17, 15) is 9.59 Å². The third-order valence-corrected chi connectivity index (χ3v) is 5.28. The zero-order valence-corrected chi connectivity index (χ0v) is 19.1. The molecule has 172 valence electrons. The van der Waals surface area contributed by atoms with E-state index in [1.807, 2.05) is 73.7 Å². The average molecular weight is 456 g/mol. The van der Waals surface area contributed by atoms with E-state index in [1.54, 1.807) is 12.1 Å². The lowest BCUT2D eigenvalue weighted by Gasteiger charge is -2.12. The van der Waals surface area contributed by atoms with Gasteiger partial charge in [-0.25, -0.2) is 14.3 Å². The van der Waals surface area contributed by atoms with Crippen LogP contribution in [-0.2, 0) is 16.1 Å². The quantitative estimate of drug-likeness (QED) is 0.364. The highest BCUT2D eigenvalue weighted by molar-refractivity contribution is 6.07. The van der Waals surface area contributed by atoms with Crippen molar-refractivity contribution in [2.75, 3.05) is 14.2 Å². The number of nitrogens with zero attached hydrogens (tertiary/aromatic N) is 2. The van der Waals surface area contributed by atoms with Gasteiger partial charge in [-0.05, 0) is 42.3 Å². The van der Waals surface area contributed by atoms with Gasteiger partial charge in [-0.15, -0.1) is 0 Å². The highest BCUT2D eigenvalue weighted by atomic mass is 16.5. The van der Waals surface area contributed by atoms with Gasteiger partial charge in [-0.3, -0.25) is 0 Å². The molecule has 0 amide bonds. The van der Waals surface area contributed by atoms with E-state index >= 15 is 0 Å². The third-order valence-electron chi connectivity index (χ3n) is 5.28. The Morgan fingerprint density at radius 3 is 2.15 bits per heavy atom. The van der Waals surface area contributed by atoms with Gasteiger partial charge in [0.05, 0.1) is 19.9 Å². The number of carbonyl (C=O) groups is 2. The Morgan fingerprint density at radius 1 is 0.853 bits per heavy atom. The van der Waals surface area contributed by atoms with Crippen molar-refractivity contribution in [1.29, 1.82) is 0 Å². The van der Waals surface area contributed by atoms with Crippen LogP contribution in [0.1, 0.15) is 32.0 Å². The van der Waals surface area contributed by atoms with Crippen LogP contribution in [0.4, 0.5) is 0 Å². The zero-order valence-electron chi connectivity index (χ0n) is 19.1. The highest BCUT2D eigenvalue weighted by Gasteiger charge is 2.32. The van der Waals surface area contributed by atoms with Crippen molar-refractivity contribution in [3.05, 3.63) is 101 Å². The van der Waals surface area contributed by atoms with E-state index in [0.717, 1.165) is 11.1 Å². The maximum absolute atomic E-state index is 12.9. The number of aromatic nitrogens is 2. The van der Waals surface area contributed by atoms with Gasteiger partial charge in [0.15, 0.2) is 5.69 Å². The average Bonchev–Trinajstić information content (AvgIpc) is 3.28. The van der Waals surface area contributed by atoms with Crippen molar-refractivity contribution in [2.45, 2.75) is 13.5 Å². The Kier molecular flexibility index (Phi) is 6.73. The monoisotopic (exact) mass is 456 g/mol. The Morgan fingerprint density at radius 2 is 1.50 bits per heavy atom. The fourth-order valence-electron chi connectivity index (χ4n) is 3.62. The Hall–Kier alpha value is -4.39. The number of rotatable bonds is 7. The summed E-state index contributed by atoms with van der Waals surface area (Å²) < 4.78 is 17.6. The van der Waals surface area contributed by atoms with Gasteiger partial charge in [-0.1, -0.05) is 54.6 Å². The number of esters is 2. The minimum atomic E-state index is -0.707. The summed E-state index contributed by atoms with van der Waals surface area (Å²) in [6.45, 7) is 2.27. The largest absolute Gasteiger partial charge is 0.488 e. The van der Waals surface area contributed by atoms with E-state index in [-0.39, 0.29) is 17.0 Å². The molecule has 0 atom stereocenters. The van der Waals surface area contributed by atoms with Crippen molar-refractivity contribution in [1.82, 2.24) is 9.78 Å². The summed E-state index contributed by atoms with van der Waals surface area (Å²) >= 11 is 0. The van der Waals surface area contributed by atoms with Gasteiger partial charge in [0.25, 0.3) is 0 Å². The van der Waals surface area contributed by atoms with E-state index in [1.165, 1.54) is 18.9 Å². The molecule has 0 N–H and O–H groups in total. The second-order valence-electron chi connectivity index (χ2n) is 7.58. The van der Waals surface area contributed by atoms with Gasteiger partial charge in [0.2, 0.25) is 0 Å². The first-order valence-corrected chi connectivity index (χ1v) is 10.7. The summed E-state index contributed by atoms with van der Waals surface area (Å²) in [5, 5.41) is 4.67. The van der Waals surface area contributed by atoms with E-state index in [0.29, 0.717) is 23.6 Å². The predicted octanol–water partition coefficient (Wildman–Crippen LogP) is 5.00. The second kappa shape index (κ2) is 10.0. The maximum Gasteiger partial charge on any atom is 0.357 e. The molecular weight excluding hydrogens is 432 g/mol. The fourth-order valence-corrected chi connectivity index (χ4v) is 3.62. The van der Waals surface area contributed by atoms with Crippen LogP contribution in [0.15, 0.2) is 78.9 Å². The summed E-state index contributed by atoms with van der Waals surface area (Å²) in [5.74, 6) is -0.878. The maximum atomic E-state index is 12.9. The number of ether oxygens (including phenoxy) is 3. The van der Waals surface area contributed by atoms with E-state index < -0.39 is 11.9 Å². The molecule has 34 heavy (non-hydrogen) atoms. The molecule has 0 aliphatic rings. The first kappa shape index (κ1) is 22.8. The summed E-state index contributed by atoms with van der Waals surface area (Å²) in [6.07, 6.45) is 0. The number of hydrogen-bond donors (Lipinski definition) is 0. The lowest BCUT2D eigenvalue weighted by Crippen LogP contribution is -2.15. The minimum absolute atomic E-state index is 0.00613. The lowest BCUT2D eigenvalue weighted by molar-refractivity contribution is 0.0549. The molecule has 7 heteroatoms. The number of carbonyl (C=O) groups excluding carboxylic acids is 2. The van der Waals surface area contributed by atoms with Crippen LogP contribution in [-0.4, -0.2) is 35.9 Å². The number of benzene rings is 3. The van der Waals surface area contributed by atoms with E-state index in [2.05, 4.69) is 5.10 Å². The van der Waals surface area contributed by atoms with Crippen molar-refractivity contribution in [3.8, 4) is 22.7 Å². The number of methoxy groups -OCH3 is 2. The molecule has 3 aromatic carbocycles. The third kappa shape index (κ3) is 4.54. The molecule has 4 rings (SSSR count). The van der Waals surface area contributed by atoms with Crippen LogP contribution in [0, 0.1) is 6.92 Å². The molecule has 1 heterocycles. The molecule has 0 bridgehead atoms. The number of aryl methyl sites for hydroxylation is 1. The molecule has 0 aliphatic heterocycles. The summed E-state index contributed by atoms with van der Waals surface area (Å²) in [7, 11) is 2.51. The zero-order chi connectivity index (χ0) is 24.1. The van der Waals surface area contributed by atoms with Gasteiger partial charge in [0, 0.05) is 5.56 Å². The van der Waals surface area contributed by atoms with Gasteiger partial charge < -0.3 is 14.2 Å². The fraction of sp³-hybridized carbons (Fsp3) is 0.148. The normalized spacial score (nSPS) is 10.6. The first-order chi connectivity index (χ1) is 16.5. The Balaban J connectivity index is 1.91. The molecule has 0 saturated heterocycles. The molecule has 7 nitrogen and oxygen atoms in total. The predicted molar refractivity (Wildman–Crippen MR) is 127 cm³/mol. The molecule has 0 aliphatic carbocycles. The van der Waals surface area contributed by atoms with Gasteiger partial charge in [-0.2, -0.15) is 5.10 Å². The van der Waals surface area contributed by atoms with Crippen LogP contribution < -0.4 is 4.74 Å². The van der Waals surface area contributed by atoms with Crippen LogP contribution >= 0.6 is 0 Å². The SMILES string of the molecule is COC(=O)c1c(-c2ccc(C)cc2OCc2ccccc2)nn(-c2ccccc2)c1C(=O)OC. The van der Waals surface area contributed by atoms with Crippen LogP contribution in [0.2, 0.25) is 0 Å². The summed E-state index contributed by atoms with van der Waals surface area (Å²) in [4.78, 5) is 25.7. The van der Waals surface area contributed by atoms with Crippen LogP contribution in [0.5, 0.6) is 5.75 Å². The van der Waals surface area contributed by atoms with Gasteiger partial charge >= 0.3 is 11.9 Å². The summed E-state index contributed by atoms with van der Waals surface area (Å²) in [6, 6.07) is 24.4. The standard InChI is InChI=1S/C27H24N2O5/c1-18-14-15-21(22(16-18)34-17-19-10-6-4-7-11-19)24-23(26(30)32-2)25(27(31)33-3)29(28-24)20-12-8-5-9-13-20/h4-16H,17H2,1-3H3. The molecular formula is C27H24N2O5. The summed E-state index contributed by atoms with van der Waals surface area (Å²) in [5.41, 5.74) is 3.37. The van der Waals surface area contributed by atoms with Crippen molar-refractivity contribution < 1.29 is 23.8 Å². The molecule has 4 aromatic rings. The molecule has 0 radical (unpaired) electrons. The van der Waals surface area contributed by atoms with Crippen molar-refractivity contribution in [2.24, 2.45) is 0 Å². The number of hydrogen-bond acceptors (Lipinski definition) is 6. The smallest absolute Gasteiger partial charge is 0.357 e. The number of para-hydroxylation sites is 1. The lowest BCUT2D eigenvalue weighted by atomic mass is 10.0. The topological polar surface area (TPSA) is 79.7 Å². The van der Waals surface area contributed by atoms with Gasteiger partial charge in [0.1, 0.15) is 23.6 Å². The Labute approximate surface area is 197 Å².